The van der Waals surface area contributed by atoms with Gasteiger partial charge in [-0.15, -0.1) is 0 Å². The predicted octanol–water partition coefficient (Wildman–Crippen LogP) is 19.0. The Morgan fingerprint density at radius 3 is 1.76 bits per heavy atom. The van der Waals surface area contributed by atoms with Crippen LogP contribution in [0.15, 0.2) is 261 Å². The molecule has 0 unspecified atom stereocenters. The Kier molecular flexibility index (Phi) is 11.1. The second kappa shape index (κ2) is 19.8. The van der Waals surface area contributed by atoms with Crippen LogP contribution < -0.4 is 0 Å². The van der Waals surface area contributed by atoms with Crippen molar-refractivity contribution in [3.8, 4) is 101 Å². The summed E-state index contributed by atoms with van der Waals surface area (Å²) in [5, 5.41) is 4.04. The first kappa shape index (κ1) is 50.0. The highest BCUT2D eigenvalue weighted by Crippen LogP contribution is 2.45. The van der Waals surface area contributed by atoms with Crippen molar-refractivity contribution >= 4 is 88.1 Å². The van der Waals surface area contributed by atoms with Gasteiger partial charge in [-0.2, -0.15) is 0 Å². The molecule has 18 rings (SSSR count). The van der Waals surface area contributed by atoms with Gasteiger partial charge in [0.1, 0.15) is 62.4 Å². The van der Waals surface area contributed by atoms with E-state index in [1.165, 1.54) is 12.1 Å². The van der Waals surface area contributed by atoms with Crippen LogP contribution in [0, 0.1) is 5.82 Å². The summed E-state index contributed by atoms with van der Waals surface area (Å²) in [6, 6.07) is 68.7. The lowest BCUT2D eigenvalue weighted by Gasteiger charge is -2.13. The van der Waals surface area contributed by atoms with Gasteiger partial charge in [-0.05, 0) is 119 Å². The molecule has 0 amide bonds. The van der Waals surface area contributed by atoms with E-state index in [9.17, 15) is 4.39 Å². The highest BCUT2D eigenvalue weighted by Gasteiger charge is 2.24. The molecule has 10 heterocycles. The van der Waals surface area contributed by atoms with Gasteiger partial charge in [-0.3, -0.25) is 19.9 Å². The maximum atomic E-state index is 14.4. The van der Waals surface area contributed by atoms with Crippen molar-refractivity contribution < 1.29 is 22.1 Å². The molecule has 0 saturated carbocycles. The van der Waals surface area contributed by atoms with E-state index in [0.717, 1.165) is 111 Å². The molecule has 10 aromatic heterocycles. The van der Waals surface area contributed by atoms with Gasteiger partial charge in [-0.25, -0.2) is 29.3 Å². The molecule has 89 heavy (non-hydrogen) atoms. The van der Waals surface area contributed by atoms with E-state index in [0.29, 0.717) is 78.7 Å². The van der Waals surface area contributed by atoms with Crippen LogP contribution in [0.2, 0.25) is 0 Å². The summed E-state index contributed by atoms with van der Waals surface area (Å²) in [6.07, 6.45) is 8.72. The van der Waals surface area contributed by atoms with Crippen LogP contribution in [0.4, 0.5) is 4.39 Å². The van der Waals surface area contributed by atoms with E-state index in [-0.39, 0.29) is 5.82 Å². The minimum atomic E-state index is -0.333. The van der Waals surface area contributed by atoms with Crippen molar-refractivity contribution in [3.63, 3.8) is 0 Å². The van der Waals surface area contributed by atoms with Gasteiger partial charge in [-0.1, -0.05) is 115 Å². The first-order valence-electron chi connectivity index (χ1n) is 28.8. The highest BCUT2D eigenvalue weighted by molar-refractivity contribution is 6.14. The van der Waals surface area contributed by atoms with Crippen molar-refractivity contribution in [3.05, 3.63) is 249 Å². The fourth-order valence-corrected chi connectivity index (χ4v) is 12.4. The molecule has 0 N–H and O–H groups in total. The van der Waals surface area contributed by atoms with Crippen LogP contribution in [0.5, 0.6) is 0 Å². The smallest absolute Gasteiger partial charge is 0.180 e. The van der Waals surface area contributed by atoms with Crippen molar-refractivity contribution in [2.45, 2.75) is 0 Å². The summed E-state index contributed by atoms with van der Waals surface area (Å²) in [6.45, 7) is 0. The van der Waals surface area contributed by atoms with Crippen LogP contribution >= 0.6 is 0 Å². The van der Waals surface area contributed by atoms with E-state index >= 15 is 0 Å². The average molecular weight is 1150 g/mol. The number of hydrogen-bond acceptors (Lipinski definition) is 13. The van der Waals surface area contributed by atoms with Crippen LogP contribution in [0.1, 0.15) is 0 Å². The molecule has 8 aromatic carbocycles. The number of pyridine rings is 4. The number of halogens is 1. The standard InChI is InChI=1S/C75H40FN9O4/c76-48-25-27-61-55(39-48)52-30-34-78-64(71(52)86-61)45-14-10-13-44(35-45)51-29-33-80-67-58-38-47(37-56(68(58)89-70(51)67)59-18-8-9-31-77-59)49-15-4-5-16-53(49)75-84-73(43-11-2-1-3-12-43)83-74(85-75)46-24-26-62-57(36-46)66-69(87-62)50(28-32-79-66)41-20-22-42(23-21-41)63-72-65(82-40-81-63)54-17-6-7-19-60(54)88-72/h1-40H. The van der Waals surface area contributed by atoms with Gasteiger partial charge in [0.25, 0.3) is 0 Å². The maximum absolute atomic E-state index is 14.4. The largest absolute Gasteiger partial charge is 0.454 e. The first-order valence-corrected chi connectivity index (χ1v) is 28.8. The number of rotatable bonds is 9. The van der Waals surface area contributed by atoms with Crippen molar-refractivity contribution in [2.24, 2.45) is 0 Å². The highest BCUT2D eigenvalue weighted by atomic mass is 19.1. The average Bonchev–Trinajstić information content (AvgIpc) is 2.11. The summed E-state index contributed by atoms with van der Waals surface area (Å²) in [7, 11) is 0. The molecule has 0 aliphatic carbocycles. The first-order chi connectivity index (χ1) is 44.0. The Labute approximate surface area is 503 Å². The number of para-hydroxylation sites is 1. The minimum Gasteiger partial charge on any atom is -0.454 e. The van der Waals surface area contributed by atoms with Gasteiger partial charge in [0.05, 0.1) is 5.69 Å². The van der Waals surface area contributed by atoms with E-state index in [1.54, 1.807) is 24.8 Å². The zero-order chi connectivity index (χ0) is 58.7. The fourth-order valence-electron chi connectivity index (χ4n) is 12.4. The second-order valence-electron chi connectivity index (χ2n) is 21.8. The van der Waals surface area contributed by atoms with Crippen LogP contribution in [0.25, 0.3) is 189 Å². The Morgan fingerprint density at radius 1 is 0.270 bits per heavy atom. The Bertz CT molecular complexity index is 5900. The molecule has 0 fully saturated rings. The van der Waals surface area contributed by atoms with Crippen molar-refractivity contribution in [2.75, 3.05) is 0 Å². The van der Waals surface area contributed by atoms with Gasteiger partial charge in [0.2, 0.25) is 0 Å². The van der Waals surface area contributed by atoms with Crippen LogP contribution in [-0.2, 0) is 0 Å². The molecule has 416 valence electrons. The summed E-state index contributed by atoms with van der Waals surface area (Å²) < 4.78 is 40.7. The maximum Gasteiger partial charge on any atom is 0.180 e. The normalized spacial score (nSPS) is 11.9. The van der Waals surface area contributed by atoms with E-state index in [2.05, 4.69) is 46.4 Å². The number of nitrogens with zero attached hydrogens (tertiary/aromatic N) is 9. The summed E-state index contributed by atoms with van der Waals surface area (Å²) in [5.74, 6) is 1.13. The zero-order valence-electron chi connectivity index (χ0n) is 46.6. The molecular formula is C75H40FN9O4. The third kappa shape index (κ3) is 8.19. The van der Waals surface area contributed by atoms with Crippen molar-refractivity contribution in [1.29, 1.82) is 0 Å². The molecule has 0 aliphatic rings. The molecule has 0 bridgehead atoms. The van der Waals surface area contributed by atoms with E-state index < -0.39 is 0 Å². The summed E-state index contributed by atoms with van der Waals surface area (Å²) in [5.41, 5.74) is 19.6. The van der Waals surface area contributed by atoms with Crippen LogP contribution in [0.3, 0.4) is 0 Å². The number of fused-ring (bicyclic) bond motifs is 12. The number of benzene rings is 8. The lowest BCUT2D eigenvalue weighted by molar-refractivity contribution is 0.626. The van der Waals surface area contributed by atoms with Crippen molar-refractivity contribution in [1.82, 2.24) is 44.9 Å². The summed E-state index contributed by atoms with van der Waals surface area (Å²) >= 11 is 0. The third-order valence-corrected chi connectivity index (χ3v) is 16.6. The molecule has 18 aromatic rings. The molecule has 0 spiro atoms. The topological polar surface area (TPSA) is 169 Å². The lowest BCUT2D eigenvalue weighted by Crippen LogP contribution is -2.01. The van der Waals surface area contributed by atoms with E-state index in [1.807, 2.05) is 170 Å². The van der Waals surface area contributed by atoms with Gasteiger partial charge in [0.15, 0.2) is 39.8 Å². The quantitative estimate of drug-likeness (QED) is 0.134. The van der Waals surface area contributed by atoms with Gasteiger partial charge in [0, 0.05) is 96.2 Å². The third-order valence-electron chi connectivity index (χ3n) is 16.6. The fraction of sp³-hybridized carbons (Fsp3) is 0. The number of furan rings is 4. The molecule has 14 heteroatoms. The second-order valence-corrected chi connectivity index (χ2v) is 21.8. The molecule has 0 atom stereocenters. The molecule has 0 aliphatic heterocycles. The summed E-state index contributed by atoms with van der Waals surface area (Å²) in [4.78, 5) is 44.5. The van der Waals surface area contributed by atoms with Crippen LogP contribution in [-0.4, -0.2) is 44.9 Å². The molecule has 0 radical (unpaired) electrons. The molecular weight excluding hydrogens is 1110 g/mol. The Balaban J connectivity index is 0.742. The number of hydrogen-bond donors (Lipinski definition) is 0. The van der Waals surface area contributed by atoms with Gasteiger partial charge < -0.3 is 17.7 Å². The van der Waals surface area contributed by atoms with Gasteiger partial charge >= 0.3 is 0 Å². The van der Waals surface area contributed by atoms with E-state index in [4.69, 9.17) is 52.6 Å². The zero-order valence-corrected chi connectivity index (χ0v) is 46.6. The minimum absolute atomic E-state index is 0.333. The monoisotopic (exact) mass is 1150 g/mol. The SMILES string of the molecule is Fc1ccc2oc3c(-c4cccc(-c5ccnc6c5oc5c(-c7ccccn7)cc(-c7ccccc7-c7nc(-c8ccccc8)nc(-c8ccc9oc%10c(-c%11ccc(-c%12ncnc%13c%12oc%12ccccc%12%13)cc%11)ccnc%10c9c8)n7)cc56)c4)nccc3c2c1. The predicted molar refractivity (Wildman–Crippen MR) is 345 cm³/mol. The lowest BCUT2D eigenvalue weighted by atomic mass is 9.94. The Hall–Kier alpha value is -12.4. The Morgan fingerprint density at radius 2 is 0.899 bits per heavy atom. The molecule has 0 saturated heterocycles. The number of aromatic nitrogens is 9. The molecule has 13 nitrogen and oxygen atoms in total.